The van der Waals surface area contributed by atoms with Crippen molar-refractivity contribution in [1.29, 1.82) is 0 Å². The molecule has 0 aliphatic carbocycles. The molecule has 16 heavy (non-hydrogen) atoms. The molecule has 0 amide bonds. The highest BCUT2D eigenvalue weighted by molar-refractivity contribution is 5.48. The molecule has 1 aromatic heterocycles. The summed E-state index contributed by atoms with van der Waals surface area (Å²) in [5.41, 5.74) is 0. The van der Waals surface area contributed by atoms with Crippen molar-refractivity contribution in [2.75, 3.05) is 10.6 Å². The number of aromatic nitrogens is 2. The maximum absolute atomic E-state index is 4.37. The van der Waals surface area contributed by atoms with Crippen LogP contribution in [0.1, 0.15) is 39.9 Å². The number of rotatable bonds is 5. The first kappa shape index (κ1) is 12.7. The molecule has 1 atom stereocenters. The van der Waals surface area contributed by atoms with E-state index < -0.39 is 0 Å². The van der Waals surface area contributed by atoms with E-state index in [4.69, 9.17) is 0 Å². The number of hydrogen-bond donors (Lipinski definition) is 2. The highest BCUT2D eigenvalue weighted by Gasteiger charge is 2.05. The molecular formula is C12H22N4. The van der Waals surface area contributed by atoms with Crippen LogP contribution < -0.4 is 10.6 Å². The second-order valence-electron chi connectivity index (χ2n) is 4.44. The fraction of sp³-hybridized carbons (Fsp3) is 0.667. The molecule has 0 bridgehead atoms. The molecule has 0 aliphatic rings. The van der Waals surface area contributed by atoms with E-state index in [1.54, 1.807) is 0 Å². The Morgan fingerprint density at radius 3 is 2.19 bits per heavy atom. The van der Waals surface area contributed by atoms with Gasteiger partial charge in [-0.3, -0.25) is 0 Å². The van der Waals surface area contributed by atoms with Crippen LogP contribution in [0.2, 0.25) is 0 Å². The van der Waals surface area contributed by atoms with Crippen molar-refractivity contribution in [3.63, 3.8) is 0 Å². The van der Waals surface area contributed by atoms with Crippen LogP contribution in [-0.4, -0.2) is 22.1 Å². The summed E-state index contributed by atoms with van der Waals surface area (Å²) in [5.74, 6) is 2.56. The van der Waals surface area contributed by atoms with Crippen molar-refractivity contribution >= 4 is 11.6 Å². The second kappa shape index (κ2) is 5.68. The molecule has 1 rings (SSSR count). The van der Waals surface area contributed by atoms with Gasteiger partial charge in [-0.15, -0.1) is 0 Å². The van der Waals surface area contributed by atoms with E-state index in [9.17, 15) is 0 Å². The first-order valence-corrected chi connectivity index (χ1v) is 5.90. The van der Waals surface area contributed by atoms with Gasteiger partial charge in [0.05, 0.1) is 0 Å². The Morgan fingerprint density at radius 1 is 1.12 bits per heavy atom. The molecule has 1 heterocycles. The third-order valence-electron chi connectivity index (χ3n) is 2.28. The highest BCUT2D eigenvalue weighted by Crippen LogP contribution is 2.13. The van der Waals surface area contributed by atoms with Crippen LogP contribution >= 0.6 is 0 Å². The molecule has 1 unspecified atom stereocenters. The average molecular weight is 222 g/mol. The van der Waals surface area contributed by atoms with Crippen LogP contribution in [0.5, 0.6) is 0 Å². The zero-order valence-corrected chi connectivity index (χ0v) is 10.8. The van der Waals surface area contributed by atoms with Gasteiger partial charge in [-0.2, -0.15) is 0 Å². The van der Waals surface area contributed by atoms with E-state index in [-0.39, 0.29) is 0 Å². The Hall–Kier alpha value is -1.32. The third-order valence-corrected chi connectivity index (χ3v) is 2.28. The Kier molecular flexibility index (Phi) is 4.52. The monoisotopic (exact) mass is 222 g/mol. The Balaban J connectivity index is 2.81. The second-order valence-corrected chi connectivity index (χ2v) is 4.44. The van der Waals surface area contributed by atoms with Gasteiger partial charge in [0.15, 0.2) is 0 Å². The van der Waals surface area contributed by atoms with Crippen LogP contribution in [0.4, 0.5) is 11.6 Å². The summed E-state index contributed by atoms with van der Waals surface area (Å²) in [7, 11) is 0. The lowest BCUT2D eigenvalue weighted by atomic mass is 10.2. The molecule has 2 N–H and O–H groups in total. The van der Waals surface area contributed by atoms with Gasteiger partial charge in [0.1, 0.15) is 17.5 Å². The number of anilines is 2. The summed E-state index contributed by atoms with van der Waals surface area (Å²) < 4.78 is 0. The minimum absolute atomic E-state index is 0.380. The third kappa shape index (κ3) is 4.04. The smallest absolute Gasteiger partial charge is 0.132 e. The van der Waals surface area contributed by atoms with Gasteiger partial charge < -0.3 is 10.6 Å². The molecular weight excluding hydrogens is 200 g/mol. The predicted octanol–water partition coefficient (Wildman–Crippen LogP) is 2.82. The minimum Gasteiger partial charge on any atom is -0.368 e. The first-order chi connectivity index (χ1) is 7.51. The van der Waals surface area contributed by atoms with Gasteiger partial charge in [0.25, 0.3) is 0 Å². The molecule has 0 aliphatic heterocycles. The van der Waals surface area contributed by atoms with Gasteiger partial charge >= 0.3 is 0 Å². The van der Waals surface area contributed by atoms with E-state index in [1.807, 2.05) is 13.0 Å². The van der Waals surface area contributed by atoms with Crippen molar-refractivity contribution in [1.82, 2.24) is 9.97 Å². The lowest BCUT2D eigenvalue weighted by Crippen LogP contribution is -2.17. The maximum atomic E-state index is 4.37. The normalized spacial score (nSPS) is 12.6. The molecule has 0 aromatic carbocycles. The number of nitrogens with one attached hydrogen (secondary N) is 2. The predicted molar refractivity (Wildman–Crippen MR) is 68.9 cm³/mol. The molecule has 0 spiro atoms. The molecule has 4 nitrogen and oxygen atoms in total. The largest absolute Gasteiger partial charge is 0.368 e. The summed E-state index contributed by atoms with van der Waals surface area (Å²) in [4.78, 5) is 8.71. The average Bonchev–Trinajstić information content (AvgIpc) is 2.15. The zero-order chi connectivity index (χ0) is 12.1. The van der Waals surface area contributed by atoms with E-state index in [2.05, 4.69) is 48.3 Å². The van der Waals surface area contributed by atoms with Crippen molar-refractivity contribution in [2.24, 2.45) is 0 Å². The van der Waals surface area contributed by atoms with Crippen LogP contribution in [0, 0.1) is 6.92 Å². The lowest BCUT2D eigenvalue weighted by Gasteiger charge is -2.15. The quantitative estimate of drug-likeness (QED) is 0.804. The van der Waals surface area contributed by atoms with Crippen LogP contribution in [0.25, 0.3) is 0 Å². The Morgan fingerprint density at radius 2 is 1.69 bits per heavy atom. The summed E-state index contributed by atoms with van der Waals surface area (Å²) >= 11 is 0. The fourth-order valence-electron chi connectivity index (χ4n) is 1.37. The van der Waals surface area contributed by atoms with Gasteiger partial charge in [-0.25, -0.2) is 9.97 Å². The van der Waals surface area contributed by atoms with Crippen molar-refractivity contribution < 1.29 is 0 Å². The van der Waals surface area contributed by atoms with Gasteiger partial charge in [0.2, 0.25) is 0 Å². The Labute approximate surface area is 97.9 Å². The fourth-order valence-corrected chi connectivity index (χ4v) is 1.37. The molecule has 0 saturated carbocycles. The van der Waals surface area contributed by atoms with Crippen LogP contribution in [-0.2, 0) is 0 Å². The van der Waals surface area contributed by atoms with Crippen molar-refractivity contribution in [3.05, 3.63) is 11.9 Å². The summed E-state index contributed by atoms with van der Waals surface area (Å²) in [5, 5.41) is 6.64. The Bertz CT molecular complexity index is 336. The minimum atomic E-state index is 0.380. The van der Waals surface area contributed by atoms with Gasteiger partial charge in [-0.1, -0.05) is 6.92 Å². The number of hydrogen-bond acceptors (Lipinski definition) is 4. The summed E-state index contributed by atoms with van der Waals surface area (Å²) in [6.45, 7) is 10.4. The number of nitrogens with zero attached hydrogens (tertiary/aromatic N) is 2. The highest BCUT2D eigenvalue weighted by atomic mass is 15.1. The molecule has 90 valence electrons. The summed E-state index contributed by atoms with van der Waals surface area (Å²) in [6.07, 6.45) is 1.08. The zero-order valence-electron chi connectivity index (χ0n) is 10.8. The van der Waals surface area contributed by atoms with Crippen LogP contribution in [0.3, 0.4) is 0 Å². The maximum Gasteiger partial charge on any atom is 0.132 e. The van der Waals surface area contributed by atoms with Gasteiger partial charge in [-0.05, 0) is 34.1 Å². The van der Waals surface area contributed by atoms with E-state index in [0.29, 0.717) is 12.1 Å². The topological polar surface area (TPSA) is 49.8 Å². The molecule has 1 aromatic rings. The molecule has 0 fully saturated rings. The first-order valence-electron chi connectivity index (χ1n) is 5.90. The lowest BCUT2D eigenvalue weighted by molar-refractivity contribution is 0.756. The van der Waals surface area contributed by atoms with E-state index in [1.165, 1.54) is 0 Å². The van der Waals surface area contributed by atoms with Crippen molar-refractivity contribution in [2.45, 2.75) is 53.1 Å². The molecule has 0 radical (unpaired) electrons. The number of aryl methyl sites for hydroxylation is 1. The van der Waals surface area contributed by atoms with E-state index >= 15 is 0 Å². The standard InChI is InChI=1S/C12H22N4/c1-6-9(4)14-12-7-11(13-8(2)3)15-10(5)16-12/h7-9H,6H2,1-5H3,(H2,13,14,15,16). The van der Waals surface area contributed by atoms with E-state index in [0.717, 1.165) is 23.9 Å². The SMILES string of the molecule is CCC(C)Nc1cc(NC(C)C)nc(C)n1. The molecule has 4 heteroatoms. The van der Waals surface area contributed by atoms with Gasteiger partial charge in [0, 0.05) is 18.2 Å². The van der Waals surface area contributed by atoms with Crippen molar-refractivity contribution in [3.8, 4) is 0 Å². The molecule has 0 saturated heterocycles. The van der Waals surface area contributed by atoms with Crippen LogP contribution in [0.15, 0.2) is 6.07 Å². The summed E-state index contributed by atoms with van der Waals surface area (Å²) in [6, 6.07) is 2.77.